The Hall–Kier alpha value is -1.40. The molecule has 1 aromatic rings. The van der Waals surface area contributed by atoms with Gasteiger partial charge in [-0.2, -0.15) is 5.10 Å². The molecule has 0 fully saturated rings. The monoisotopic (exact) mass is 241 g/mol. The van der Waals surface area contributed by atoms with Crippen LogP contribution in [0.4, 0.5) is 0 Å². The minimum absolute atomic E-state index is 0.180. The largest absolute Gasteiger partial charge is 0.351 e. The van der Waals surface area contributed by atoms with Crippen LogP contribution in [0.25, 0.3) is 0 Å². The normalized spacial score (nSPS) is 10.8. The maximum Gasteiger partial charge on any atom is 0.254 e. The number of carbonyl (C=O) groups is 1. The highest BCUT2D eigenvalue weighted by Crippen LogP contribution is 2.02. The third kappa shape index (κ3) is 4.16. The average Bonchev–Trinajstić information content (AvgIpc) is 2.72. The van der Waals surface area contributed by atoms with Crippen molar-refractivity contribution in [3.8, 4) is 0 Å². The molecule has 0 saturated carbocycles. The van der Waals surface area contributed by atoms with E-state index >= 15 is 0 Å². The summed E-state index contributed by atoms with van der Waals surface area (Å²) in [5.74, 6) is -0.180. The van der Waals surface area contributed by atoms with Crippen molar-refractivity contribution in [2.75, 3.05) is 19.8 Å². The zero-order valence-electron chi connectivity index (χ0n) is 10.4. The van der Waals surface area contributed by atoms with Crippen LogP contribution in [0.15, 0.2) is 6.20 Å². The van der Waals surface area contributed by atoms with Crippen molar-refractivity contribution >= 4 is 5.91 Å². The summed E-state index contributed by atoms with van der Waals surface area (Å²) in [6.07, 6.45) is 1.10. The Bertz CT molecular complexity index is 345. The number of H-pyrrole nitrogens is 1. The fourth-order valence-electron chi connectivity index (χ4n) is 1.39. The zero-order valence-corrected chi connectivity index (χ0v) is 10.4. The molecule has 0 aliphatic carbocycles. The van der Waals surface area contributed by atoms with Crippen LogP contribution in [-0.2, 0) is 9.47 Å². The molecule has 1 amide bonds. The molecule has 6 nitrogen and oxygen atoms in total. The molecule has 0 aliphatic rings. The molecule has 0 bridgehead atoms. The van der Waals surface area contributed by atoms with Crippen molar-refractivity contribution in [1.82, 2.24) is 15.5 Å². The van der Waals surface area contributed by atoms with Crippen molar-refractivity contribution in [2.24, 2.45) is 0 Å². The van der Waals surface area contributed by atoms with E-state index in [1.54, 1.807) is 6.92 Å². The van der Waals surface area contributed by atoms with E-state index in [0.717, 1.165) is 5.69 Å². The van der Waals surface area contributed by atoms with Gasteiger partial charge in [-0.15, -0.1) is 0 Å². The smallest absolute Gasteiger partial charge is 0.254 e. The highest BCUT2D eigenvalue weighted by Gasteiger charge is 2.13. The van der Waals surface area contributed by atoms with E-state index in [4.69, 9.17) is 9.47 Å². The number of aryl methyl sites for hydroxylation is 1. The molecule has 0 aromatic carbocycles. The maximum atomic E-state index is 11.8. The second kappa shape index (κ2) is 7.03. The standard InChI is InChI=1S/C11H19N3O3/c1-4-16-10(17-5-2)7-12-11(15)9-6-13-14-8(9)3/h6,10H,4-5,7H2,1-3H3,(H,12,15)(H,13,14). The third-order valence-electron chi connectivity index (χ3n) is 2.21. The summed E-state index contributed by atoms with van der Waals surface area (Å²) in [6, 6.07) is 0. The van der Waals surface area contributed by atoms with Gasteiger partial charge in [0.25, 0.3) is 5.91 Å². The highest BCUT2D eigenvalue weighted by molar-refractivity contribution is 5.94. The molecule has 1 aromatic heterocycles. The molecule has 0 aliphatic heterocycles. The number of ether oxygens (including phenoxy) is 2. The summed E-state index contributed by atoms with van der Waals surface area (Å²) in [6.45, 7) is 6.98. The van der Waals surface area contributed by atoms with Crippen molar-refractivity contribution in [2.45, 2.75) is 27.1 Å². The van der Waals surface area contributed by atoms with Crippen LogP contribution in [0.5, 0.6) is 0 Å². The molecular weight excluding hydrogens is 222 g/mol. The van der Waals surface area contributed by atoms with E-state index in [0.29, 0.717) is 25.3 Å². The Morgan fingerprint density at radius 3 is 2.59 bits per heavy atom. The lowest BCUT2D eigenvalue weighted by molar-refractivity contribution is -0.131. The number of aromatic amines is 1. The molecule has 1 rings (SSSR count). The Morgan fingerprint density at radius 2 is 2.12 bits per heavy atom. The second-order valence-corrected chi connectivity index (χ2v) is 3.46. The lowest BCUT2D eigenvalue weighted by atomic mass is 10.2. The Balaban J connectivity index is 2.43. The summed E-state index contributed by atoms with van der Waals surface area (Å²) in [7, 11) is 0. The first-order valence-electron chi connectivity index (χ1n) is 5.70. The number of carbonyl (C=O) groups excluding carboxylic acids is 1. The van der Waals surface area contributed by atoms with Crippen LogP contribution in [-0.4, -0.2) is 42.2 Å². The summed E-state index contributed by atoms with van der Waals surface area (Å²) in [5, 5.41) is 9.26. The molecule has 0 unspecified atom stereocenters. The van der Waals surface area contributed by atoms with E-state index in [2.05, 4.69) is 15.5 Å². The Morgan fingerprint density at radius 1 is 1.47 bits per heavy atom. The van der Waals surface area contributed by atoms with E-state index in [-0.39, 0.29) is 5.91 Å². The van der Waals surface area contributed by atoms with Gasteiger partial charge < -0.3 is 14.8 Å². The summed E-state index contributed by atoms with van der Waals surface area (Å²) < 4.78 is 10.6. The van der Waals surface area contributed by atoms with Crippen molar-refractivity contribution in [3.63, 3.8) is 0 Å². The van der Waals surface area contributed by atoms with Gasteiger partial charge in [-0.05, 0) is 20.8 Å². The lowest BCUT2D eigenvalue weighted by Crippen LogP contribution is -2.35. The molecule has 1 heterocycles. The molecule has 17 heavy (non-hydrogen) atoms. The van der Waals surface area contributed by atoms with Crippen LogP contribution in [0.1, 0.15) is 29.9 Å². The van der Waals surface area contributed by atoms with Gasteiger partial charge >= 0.3 is 0 Å². The van der Waals surface area contributed by atoms with Crippen LogP contribution in [0, 0.1) is 6.92 Å². The summed E-state index contributed by atoms with van der Waals surface area (Å²) in [4.78, 5) is 11.8. The van der Waals surface area contributed by atoms with Crippen LogP contribution >= 0.6 is 0 Å². The number of rotatable bonds is 7. The van der Waals surface area contributed by atoms with Gasteiger partial charge in [0.15, 0.2) is 6.29 Å². The number of hydrogen-bond donors (Lipinski definition) is 2. The van der Waals surface area contributed by atoms with Crippen molar-refractivity contribution in [3.05, 3.63) is 17.5 Å². The van der Waals surface area contributed by atoms with Gasteiger partial charge in [0.05, 0.1) is 18.3 Å². The first-order chi connectivity index (χ1) is 8.19. The number of nitrogens with one attached hydrogen (secondary N) is 2. The molecule has 6 heteroatoms. The van der Waals surface area contributed by atoms with Crippen LogP contribution in [0.3, 0.4) is 0 Å². The molecule has 0 atom stereocenters. The Kier molecular flexibility index (Phi) is 5.65. The molecule has 0 spiro atoms. The van der Waals surface area contributed by atoms with Gasteiger partial charge in [0.1, 0.15) is 0 Å². The minimum atomic E-state index is -0.402. The average molecular weight is 241 g/mol. The van der Waals surface area contributed by atoms with Crippen molar-refractivity contribution < 1.29 is 14.3 Å². The fourth-order valence-corrected chi connectivity index (χ4v) is 1.39. The fraction of sp³-hybridized carbons (Fsp3) is 0.636. The molecule has 0 radical (unpaired) electrons. The first-order valence-corrected chi connectivity index (χ1v) is 5.70. The van der Waals surface area contributed by atoms with E-state index in [1.807, 2.05) is 13.8 Å². The van der Waals surface area contributed by atoms with Gasteiger partial charge in [0, 0.05) is 18.9 Å². The number of hydrogen-bond acceptors (Lipinski definition) is 4. The number of amides is 1. The van der Waals surface area contributed by atoms with E-state index in [9.17, 15) is 4.79 Å². The molecule has 0 saturated heterocycles. The van der Waals surface area contributed by atoms with Crippen molar-refractivity contribution in [1.29, 1.82) is 0 Å². The minimum Gasteiger partial charge on any atom is -0.351 e. The SMILES string of the molecule is CCOC(CNC(=O)c1cn[nH]c1C)OCC. The third-order valence-corrected chi connectivity index (χ3v) is 2.21. The predicted molar refractivity (Wildman–Crippen MR) is 62.7 cm³/mol. The molecular formula is C11H19N3O3. The zero-order chi connectivity index (χ0) is 12.7. The molecule has 96 valence electrons. The lowest BCUT2D eigenvalue weighted by Gasteiger charge is -2.17. The van der Waals surface area contributed by atoms with E-state index < -0.39 is 6.29 Å². The Labute approximate surface area is 101 Å². The number of aromatic nitrogens is 2. The second-order valence-electron chi connectivity index (χ2n) is 3.46. The number of nitrogens with zero attached hydrogens (tertiary/aromatic N) is 1. The topological polar surface area (TPSA) is 76.2 Å². The molecule has 2 N–H and O–H groups in total. The van der Waals surface area contributed by atoms with E-state index in [1.165, 1.54) is 6.20 Å². The van der Waals surface area contributed by atoms with Gasteiger partial charge in [-0.25, -0.2) is 0 Å². The van der Waals surface area contributed by atoms with Crippen LogP contribution < -0.4 is 5.32 Å². The first kappa shape index (κ1) is 13.7. The predicted octanol–water partition coefficient (Wildman–Crippen LogP) is 0.847. The van der Waals surface area contributed by atoms with Gasteiger partial charge in [-0.3, -0.25) is 9.89 Å². The highest BCUT2D eigenvalue weighted by atomic mass is 16.7. The summed E-state index contributed by atoms with van der Waals surface area (Å²) >= 11 is 0. The summed E-state index contributed by atoms with van der Waals surface area (Å²) in [5.41, 5.74) is 1.28. The van der Waals surface area contributed by atoms with Gasteiger partial charge in [-0.1, -0.05) is 0 Å². The quantitative estimate of drug-likeness (QED) is 0.694. The van der Waals surface area contributed by atoms with Gasteiger partial charge in [0.2, 0.25) is 0 Å². The maximum absolute atomic E-state index is 11.8. The van der Waals surface area contributed by atoms with Crippen LogP contribution in [0.2, 0.25) is 0 Å².